The van der Waals surface area contributed by atoms with Crippen LogP contribution in [0, 0.1) is 5.92 Å². The highest BCUT2D eigenvalue weighted by atomic mass is 16.7. The third kappa shape index (κ3) is 6.62. The number of nitrogens with zero attached hydrogens (tertiary/aromatic N) is 1. The molecule has 9 heteroatoms. The van der Waals surface area contributed by atoms with Gasteiger partial charge in [-0.3, -0.25) is 9.63 Å². The lowest BCUT2D eigenvalue weighted by Crippen LogP contribution is -2.37. The monoisotopic (exact) mass is 421 g/mol. The van der Waals surface area contributed by atoms with Gasteiger partial charge in [0.25, 0.3) is 5.91 Å². The highest BCUT2D eigenvalue weighted by Crippen LogP contribution is 2.32. The van der Waals surface area contributed by atoms with Crippen molar-refractivity contribution in [3.63, 3.8) is 0 Å². The van der Waals surface area contributed by atoms with E-state index in [4.69, 9.17) is 14.3 Å². The molecular formula is C21H31N3O6. The van der Waals surface area contributed by atoms with Crippen LogP contribution < -0.4 is 10.8 Å². The second kappa shape index (κ2) is 10.3. The molecule has 0 radical (unpaired) electrons. The van der Waals surface area contributed by atoms with Crippen molar-refractivity contribution in [3.8, 4) is 0 Å². The van der Waals surface area contributed by atoms with E-state index in [1.54, 1.807) is 26.8 Å². The van der Waals surface area contributed by atoms with E-state index in [0.717, 1.165) is 18.8 Å². The van der Waals surface area contributed by atoms with Gasteiger partial charge < -0.3 is 19.7 Å². The predicted molar refractivity (Wildman–Crippen MR) is 110 cm³/mol. The lowest BCUT2D eigenvalue weighted by molar-refractivity contribution is -0.138. The highest BCUT2D eigenvalue weighted by Gasteiger charge is 2.32. The van der Waals surface area contributed by atoms with Crippen LogP contribution in [0.5, 0.6) is 0 Å². The molecule has 2 aliphatic rings. The van der Waals surface area contributed by atoms with E-state index in [9.17, 15) is 14.4 Å². The number of hydrogen-bond donors (Lipinski definition) is 2. The number of allylic oxidation sites excluding steroid dienone is 3. The first-order chi connectivity index (χ1) is 14.1. The molecule has 166 valence electrons. The molecule has 1 aliphatic carbocycles. The van der Waals surface area contributed by atoms with Crippen LogP contribution in [-0.4, -0.2) is 54.7 Å². The maximum atomic E-state index is 12.3. The zero-order valence-electron chi connectivity index (χ0n) is 18.2. The highest BCUT2D eigenvalue weighted by molar-refractivity contribution is 6.17. The molecule has 1 heterocycles. The molecule has 0 aromatic rings. The Bertz CT molecular complexity index is 759. The largest absolute Gasteiger partial charge is 0.442 e. The van der Waals surface area contributed by atoms with E-state index in [1.165, 1.54) is 0 Å². The van der Waals surface area contributed by atoms with Crippen molar-refractivity contribution in [1.82, 2.24) is 15.7 Å². The lowest BCUT2D eigenvalue weighted by Gasteiger charge is -2.30. The van der Waals surface area contributed by atoms with Crippen molar-refractivity contribution in [1.29, 1.82) is 0 Å². The molecule has 0 aromatic carbocycles. The molecule has 2 rings (SSSR count). The van der Waals surface area contributed by atoms with Gasteiger partial charge in [-0.1, -0.05) is 12.2 Å². The van der Waals surface area contributed by atoms with Gasteiger partial charge in [-0.2, -0.15) is 5.48 Å². The van der Waals surface area contributed by atoms with Crippen molar-refractivity contribution in [2.45, 2.75) is 46.6 Å². The summed E-state index contributed by atoms with van der Waals surface area (Å²) in [5.41, 5.74) is 2.48. The number of carbonyl (C=O) groups excluding carboxylic acids is 3. The third-order valence-corrected chi connectivity index (χ3v) is 4.45. The molecule has 1 aliphatic heterocycles. The summed E-state index contributed by atoms with van der Waals surface area (Å²) < 4.78 is 10.4. The standard InChI is InChI=1S/C21H31N3O6/c1-6-24(7-2)15-9-8-14-12-16(19(26)29-17(14)13-15)18(25)22-10-11-28-23-20(27)30-21(3,4)5/h9,12-14H,6-8,10-11H2,1-5H3,(H,22,25)(H,23,27). The molecule has 0 fully saturated rings. The summed E-state index contributed by atoms with van der Waals surface area (Å²) in [5, 5.41) is 2.58. The summed E-state index contributed by atoms with van der Waals surface area (Å²) in [4.78, 5) is 43.2. The second-order valence-corrected chi connectivity index (χ2v) is 7.87. The average Bonchev–Trinajstić information content (AvgIpc) is 2.66. The average molecular weight is 421 g/mol. The molecule has 0 aromatic heterocycles. The maximum Gasteiger partial charge on any atom is 0.431 e. The molecule has 0 bridgehead atoms. The fraction of sp³-hybridized carbons (Fsp3) is 0.571. The molecule has 2 amide bonds. The van der Waals surface area contributed by atoms with Crippen molar-refractivity contribution in [2.24, 2.45) is 5.92 Å². The molecule has 0 saturated carbocycles. The summed E-state index contributed by atoms with van der Waals surface area (Å²) in [7, 11) is 0. The van der Waals surface area contributed by atoms with Gasteiger partial charge in [-0.15, -0.1) is 0 Å². The quantitative estimate of drug-likeness (QED) is 0.268. The number of fused-ring (bicyclic) bond motifs is 1. The smallest absolute Gasteiger partial charge is 0.431 e. The van der Waals surface area contributed by atoms with Gasteiger partial charge in [0, 0.05) is 37.3 Å². The zero-order valence-corrected chi connectivity index (χ0v) is 18.2. The number of likely N-dealkylation sites (N-methyl/N-ethyl adjacent to an activating group) is 1. The van der Waals surface area contributed by atoms with Crippen molar-refractivity contribution in [2.75, 3.05) is 26.2 Å². The second-order valence-electron chi connectivity index (χ2n) is 7.87. The van der Waals surface area contributed by atoms with Gasteiger partial charge in [0.15, 0.2) is 0 Å². The maximum absolute atomic E-state index is 12.3. The molecular weight excluding hydrogens is 390 g/mol. The number of rotatable bonds is 8. The Balaban J connectivity index is 1.83. The number of hydroxylamine groups is 1. The Morgan fingerprint density at radius 3 is 2.60 bits per heavy atom. The number of amides is 2. The molecule has 9 nitrogen and oxygen atoms in total. The Kier molecular flexibility index (Phi) is 8.05. The molecule has 0 spiro atoms. The van der Waals surface area contributed by atoms with E-state index in [2.05, 4.69) is 35.6 Å². The topological polar surface area (TPSA) is 106 Å². The summed E-state index contributed by atoms with van der Waals surface area (Å²) in [6.45, 7) is 11.2. The van der Waals surface area contributed by atoms with Crippen LogP contribution in [0.3, 0.4) is 0 Å². The summed E-state index contributed by atoms with van der Waals surface area (Å²) in [5.74, 6) is -0.805. The molecule has 30 heavy (non-hydrogen) atoms. The Labute approximate surface area is 177 Å². The number of carbonyl (C=O) groups is 3. The molecule has 1 unspecified atom stereocenters. The fourth-order valence-electron chi connectivity index (χ4n) is 3.06. The van der Waals surface area contributed by atoms with Crippen molar-refractivity contribution < 1.29 is 28.7 Å². The zero-order chi connectivity index (χ0) is 22.3. The minimum atomic E-state index is -0.721. The summed E-state index contributed by atoms with van der Waals surface area (Å²) in [6, 6.07) is 0. The van der Waals surface area contributed by atoms with E-state index >= 15 is 0 Å². The van der Waals surface area contributed by atoms with Crippen LogP contribution in [0.15, 0.2) is 35.3 Å². The Morgan fingerprint density at radius 2 is 1.97 bits per heavy atom. The van der Waals surface area contributed by atoms with Crippen LogP contribution in [0.4, 0.5) is 4.79 Å². The van der Waals surface area contributed by atoms with Gasteiger partial charge in [-0.25, -0.2) is 9.59 Å². The van der Waals surface area contributed by atoms with Crippen molar-refractivity contribution >= 4 is 18.0 Å². The van der Waals surface area contributed by atoms with Crippen LogP contribution >= 0.6 is 0 Å². The van der Waals surface area contributed by atoms with Crippen molar-refractivity contribution in [3.05, 3.63) is 35.3 Å². The minimum absolute atomic E-state index is 0.0118. The molecule has 1 atom stereocenters. The predicted octanol–water partition coefficient (Wildman–Crippen LogP) is 2.17. The first-order valence-electron chi connectivity index (χ1n) is 10.1. The van der Waals surface area contributed by atoms with Crippen LogP contribution in [-0.2, 0) is 23.9 Å². The van der Waals surface area contributed by atoms with E-state index in [1.807, 2.05) is 6.08 Å². The summed E-state index contributed by atoms with van der Waals surface area (Å²) in [6.07, 6.45) is 5.52. The minimum Gasteiger partial charge on any atom is -0.442 e. The van der Waals surface area contributed by atoms with E-state index in [0.29, 0.717) is 12.2 Å². The number of hydrogen-bond acceptors (Lipinski definition) is 7. The molecule has 2 N–H and O–H groups in total. The number of nitrogens with one attached hydrogen (secondary N) is 2. The van der Waals surface area contributed by atoms with Gasteiger partial charge in [-0.05, 0) is 41.0 Å². The van der Waals surface area contributed by atoms with E-state index < -0.39 is 23.6 Å². The SMILES string of the molecule is CCN(CC)C1=CCC2C=C(C(=O)NCCONC(=O)OC(C)(C)C)C(=O)OC2=C1. The van der Waals surface area contributed by atoms with Gasteiger partial charge in [0.05, 0.1) is 6.61 Å². The Hall–Kier alpha value is -2.81. The Morgan fingerprint density at radius 1 is 1.27 bits per heavy atom. The number of esters is 1. The van der Waals surface area contributed by atoms with Crippen LogP contribution in [0.1, 0.15) is 41.0 Å². The van der Waals surface area contributed by atoms with E-state index in [-0.39, 0.29) is 24.6 Å². The first-order valence-corrected chi connectivity index (χ1v) is 10.1. The molecule has 0 saturated heterocycles. The van der Waals surface area contributed by atoms with Crippen LogP contribution in [0.25, 0.3) is 0 Å². The normalized spacial score (nSPS) is 18.2. The van der Waals surface area contributed by atoms with Gasteiger partial charge >= 0.3 is 12.1 Å². The number of ether oxygens (including phenoxy) is 2. The van der Waals surface area contributed by atoms with Gasteiger partial charge in [0.1, 0.15) is 16.9 Å². The third-order valence-electron chi connectivity index (χ3n) is 4.45. The fourth-order valence-corrected chi connectivity index (χ4v) is 3.06. The lowest BCUT2D eigenvalue weighted by atomic mass is 9.92. The van der Waals surface area contributed by atoms with Crippen LogP contribution in [0.2, 0.25) is 0 Å². The summed E-state index contributed by atoms with van der Waals surface area (Å²) >= 11 is 0. The van der Waals surface area contributed by atoms with Gasteiger partial charge in [0.2, 0.25) is 0 Å². The first kappa shape index (κ1) is 23.5.